The number of unbranched alkanes of at least 4 members (excludes halogenated alkanes) is 1. The molecule has 1 heterocycles. The normalized spacial score (nSPS) is 12.7. The molecule has 1 aromatic heterocycles. The minimum absolute atomic E-state index is 0.197. The molecule has 0 aromatic carbocycles. The van der Waals surface area contributed by atoms with Crippen molar-refractivity contribution in [2.75, 3.05) is 0 Å². The lowest BCUT2D eigenvalue weighted by atomic mass is 9.96. The van der Waals surface area contributed by atoms with Gasteiger partial charge in [-0.1, -0.05) is 33.1 Å². The molecule has 2 nitrogen and oxygen atoms in total. The minimum atomic E-state index is 0.197. The van der Waals surface area contributed by atoms with E-state index < -0.39 is 0 Å². The highest BCUT2D eigenvalue weighted by Gasteiger charge is 2.11. The van der Waals surface area contributed by atoms with Crippen LogP contribution in [-0.4, -0.2) is 5.78 Å². The minimum Gasteiger partial charge on any atom is -0.472 e. The lowest BCUT2D eigenvalue weighted by Gasteiger charge is -2.08. The molecular weight excluding hydrogens is 176 g/mol. The molecule has 1 rings (SSSR count). The van der Waals surface area contributed by atoms with Crippen LogP contribution in [0.3, 0.4) is 0 Å². The van der Waals surface area contributed by atoms with Gasteiger partial charge in [0, 0.05) is 6.42 Å². The van der Waals surface area contributed by atoms with Gasteiger partial charge >= 0.3 is 0 Å². The maximum absolute atomic E-state index is 11.6. The molecule has 0 amide bonds. The third kappa shape index (κ3) is 3.36. The number of rotatable bonds is 6. The Bertz CT molecular complexity index is 262. The Balaban J connectivity index is 2.34. The first-order chi connectivity index (χ1) is 6.74. The second-order valence-electron chi connectivity index (χ2n) is 3.89. The van der Waals surface area contributed by atoms with E-state index >= 15 is 0 Å². The molecule has 1 aromatic rings. The molecule has 0 N–H and O–H groups in total. The molecule has 0 saturated heterocycles. The summed E-state index contributed by atoms with van der Waals surface area (Å²) in [6.45, 7) is 4.30. The van der Waals surface area contributed by atoms with Gasteiger partial charge in [0.05, 0.1) is 11.8 Å². The van der Waals surface area contributed by atoms with Crippen LogP contribution in [0.1, 0.15) is 49.9 Å². The number of hydrogen-bond donors (Lipinski definition) is 0. The maximum atomic E-state index is 11.6. The fraction of sp³-hybridized carbons (Fsp3) is 0.583. The lowest BCUT2D eigenvalue weighted by Crippen LogP contribution is -2.05. The van der Waals surface area contributed by atoms with Crippen molar-refractivity contribution in [3.05, 3.63) is 24.2 Å². The Morgan fingerprint density at radius 3 is 2.93 bits per heavy atom. The van der Waals surface area contributed by atoms with E-state index in [1.807, 2.05) is 0 Å². The van der Waals surface area contributed by atoms with Crippen molar-refractivity contribution in [2.24, 2.45) is 5.92 Å². The van der Waals surface area contributed by atoms with Gasteiger partial charge in [-0.2, -0.15) is 0 Å². The van der Waals surface area contributed by atoms with E-state index in [0.29, 0.717) is 17.9 Å². The smallest absolute Gasteiger partial charge is 0.166 e. The molecular formula is C12H18O2. The molecule has 0 aliphatic rings. The van der Waals surface area contributed by atoms with E-state index in [1.165, 1.54) is 19.1 Å². The monoisotopic (exact) mass is 194 g/mol. The summed E-state index contributed by atoms with van der Waals surface area (Å²) in [5, 5.41) is 0. The van der Waals surface area contributed by atoms with Gasteiger partial charge in [0.25, 0.3) is 0 Å². The fourth-order valence-corrected chi connectivity index (χ4v) is 1.51. The fourth-order valence-electron chi connectivity index (χ4n) is 1.51. The number of furan rings is 1. The zero-order valence-corrected chi connectivity index (χ0v) is 8.95. The van der Waals surface area contributed by atoms with Gasteiger partial charge in [-0.25, -0.2) is 0 Å². The number of ketones is 1. The number of carbonyl (C=O) groups is 1. The third-order valence-corrected chi connectivity index (χ3v) is 2.43. The summed E-state index contributed by atoms with van der Waals surface area (Å²) < 4.78 is 4.88. The van der Waals surface area contributed by atoms with Crippen molar-refractivity contribution in [1.82, 2.24) is 0 Å². The number of hydrogen-bond acceptors (Lipinski definition) is 2. The number of Topliss-reactive ketones (excluding diaryl/α,β-unsaturated/α-hetero) is 1. The first kappa shape index (κ1) is 11.0. The van der Waals surface area contributed by atoms with Crippen molar-refractivity contribution in [3.8, 4) is 0 Å². The SMILES string of the molecule is CCCCC(C)CC(=O)c1ccoc1. The van der Waals surface area contributed by atoms with Crippen LogP contribution in [0.25, 0.3) is 0 Å². The first-order valence-corrected chi connectivity index (χ1v) is 5.29. The molecule has 0 bridgehead atoms. The standard InChI is InChI=1S/C12H18O2/c1-3-4-5-10(2)8-12(13)11-6-7-14-9-11/h6-7,9-10H,3-5,8H2,1-2H3. The average molecular weight is 194 g/mol. The van der Waals surface area contributed by atoms with E-state index in [2.05, 4.69) is 13.8 Å². The molecule has 78 valence electrons. The molecule has 2 heteroatoms. The van der Waals surface area contributed by atoms with Crippen molar-refractivity contribution in [3.63, 3.8) is 0 Å². The van der Waals surface area contributed by atoms with Crippen LogP contribution in [0.4, 0.5) is 0 Å². The van der Waals surface area contributed by atoms with Crippen LogP contribution in [0.5, 0.6) is 0 Å². The Labute approximate surface area is 85.3 Å². The summed E-state index contributed by atoms with van der Waals surface area (Å²) in [4.78, 5) is 11.6. The van der Waals surface area contributed by atoms with Gasteiger partial charge in [-0.15, -0.1) is 0 Å². The van der Waals surface area contributed by atoms with Gasteiger partial charge in [-0.3, -0.25) is 4.79 Å². The predicted molar refractivity (Wildman–Crippen MR) is 56.3 cm³/mol. The van der Waals surface area contributed by atoms with Gasteiger partial charge in [0.1, 0.15) is 6.26 Å². The Morgan fingerprint density at radius 2 is 2.36 bits per heavy atom. The molecule has 0 spiro atoms. The number of carbonyl (C=O) groups excluding carboxylic acids is 1. The maximum Gasteiger partial charge on any atom is 0.166 e. The Morgan fingerprint density at radius 1 is 1.57 bits per heavy atom. The highest BCUT2D eigenvalue weighted by atomic mass is 16.3. The summed E-state index contributed by atoms with van der Waals surface area (Å²) in [5.41, 5.74) is 0.702. The summed E-state index contributed by atoms with van der Waals surface area (Å²) in [7, 11) is 0. The molecule has 0 saturated carbocycles. The van der Waals surface area contributed by atoms with Crippen LogP contribution in [0.2, 0.25) is 0 Å². The van der Waals surface area contributed by atoms with Crippen molar-refractivity contribution < 1.29 is 9.21 Å². The zero-order valence-electron chi connectivity index (χ0n) is 8.95. The van der Waals surface area contributed by atoms with E-state index in [0.717, 1.165) is 6.42 Å². The summed E-state index contributed by atoms with van der Waals surface area (Å²) >= 11 is 0. The van der Waals surface area contributed by atoms with E-state index in [4.69, 9.17) is 4.42 Å². The average Bonchev–Trinajstić information content (AvgIpc) is 2.67. The van der Waals surface area contributed by atoms with E-state index in [-0.39, 0.29) is 5.78 Å². The molecule has 0 aliphatic carbocycles. The predicted octanol–water partition coefficient (Wildman–Crippen LogP) is 3.68. The Hall–Kier alpha value is -1.05. The van der Waals surface area contributed by atoms with Gasteiger partial charge in [-0.05, 0) is 12.0 Å². The highest BCUT2D eigenvalue weighted by Crippen LogP contribution is 2.15. The van der Waals surface area contributed by atoms with Crippen LogP contribution in [-0.2, 0) is 0 Å². The van der Waals surface area contributed by atoms with Crippen LogP contribution in [0, 0.1) is 5.92 Å². The molecule has 0 fully saturated rings. The lowest BCUT2D eigenvalue weighted by molar-refractivity contribution is 0.0961. The molecule has 1 unspecified atom stereocenters. The van der Waals surface area contributed by atoms with Crippen molar-refractivity contribution >= 4 is 5.78 Å². The van der Waals surface area contributed by atoms with Crippen LogP contribution >= 0.6 is 0 Å². The second kappa shape index (κ2) is 5.63. The van der Waals surface area contributed by atoms with Crippen LogP contribution < -0.4 is 0 Å². The summed E-state index contributed by atoms with van der Waals surface area (Å²) in [6.07, 6.45) is 7.25. The topological polar surface area (TPSA) is 30.2 Å². The Kier molecular flexibility index (Phi) is 4.44. The summed E-state index contributed by atoms with van der Waals surface area (Å²) in [5.74, 6) is 0.680. The molecule has 14 heavy (non-hydrogen) atoms. The molecule has 1 atom stereocenters. The first-order valence-electron chi connectivity index (χ1n) is 5.29. The van der Waals surface area contributed by atoms with Crippen molar-refractivity contribution in [1.29, 1.82) is 0 Å². The van der Waals surface area contributed by atoms with Gasteiger partial charge in [0.15, 0.2) is 5.78 Å². The highest BCUT2D eigenvalue weighted by molar-refractivity contribution is 5.95. The van der Waals surface area contributed by atoms with E-state index in [9.17, 15) is 4.79 Å². The zero-order chi connectivity index (χ0) is 10.4. The van der Waals surface area contributed by atoms with Crippen molar-refractivity contribution in [2.45, 2.75) is 39.5 Å². The molecule has 0 radical (unpaired) electrons. The van der Waals surface area contributed by atoms with E-state index in [1.54, 1.807) is 12.3 Å². The summed E-state index contributed by atoms with van der Waals surface area (Å²) in [6, 6.07) is 1.73. The molecule has 0 aliphatic heterocycles. The quantitative estimate of drug-likeness (QED) is 0.647. The van der Waals surface area contributed by atoms with Gasteiger partial charge in [0.2, 0.25) is 0 Å². The third-order valence-electron chi connectivity index (χ3n) is 2.43. The second-order valence-corrected chi connectivity index (χ2v) is 3.89. The largest absolute Gasteiger partial charge is 0.472 e. The van der Waals surface area contributed by atoms with Crippen LogP contribution in [0.15, 0.2) is 23.0 Å². The van der Waals surface area contributed by atoms with Gasteiger partial charge < -0.3 is 4.42 Å².